The van der Waals surface area contributed by atoms with Crippen molar-refractivity contribution in [1.29, 1.82) is 5.26 Å². The molecule has 1 aliphatic rings. The van der Waals surface area contributed by atoms with Gasteiger partial charge in [-0.15, -0.1) is 0 Å². The maximum atomic E-state index is 11.3. The lowest BCUT2D eigenvalue weighted by Crippen LogP contribution is -2.12. The second kappa shape index (κ2) is 3.35. The number of fused-ring (bicyclic) bond motifs is 1. The Kier molecular flexibility index (Phi) is 2.04. The minimum absolute atomic E-state index is 0.0350. The third-order valence-electron chi connectivity index (χ3n) is 2.22. The van der Waals surface area contributed by atoms with Crippen LogP contribution in [0, 0.1) is 11.3 Å². The molecule has 0 aliphatic carbocycles. The van der Waals surface area contributed by atoms with E-state index in [1.165, 1.54) is 6.08 Å². The first kappa shape index (κ1) is 8.52. The predicted octanol–water partition coefficient (Wildman–Crippen LogP) is 1.47. The van der Waals surface area contributed by atoms with Crippen LogP contribution < -0.4 is 5.32 Å². The van der Waals surface area contributed by atoms with Gasteiger partial charge in [0.25, 0.3) is 5.91 Å². The van der Waals surface area contributed by atoms with Gasteiger partial charge in [-0.1, -0.05) is 12.1 Å². The molecule has 0 spiro atoms. The predicted molar refractivity (Wildman–Crippen MR) is 52.3 cm³/mol. The van der Waals surface area contributed by atoms with Gasteiger partial charge in [0, 0.05) is 18.2 Å². The number of benzene rings is 1. The van der Waals surface area contributed by atoms with Gasteiger partial charge in [-0.25, -0.2) is 0 Å². The number of nitrogens with one attached hydrogen (secondary N) is 1. The van der Waals surface area contributed by atoms with Crippen LogP contribution in [0.15, 0.2) is 24.3 Å². The number of nitrogens with zero attached hydrogens (tertiary/aromatic N) is 1. The molecule has 1 amide bonds. The fourth-order valence-electron chi connectivity index (χ4n) is 1.56. The summed E-state index contributed by atoms with van der Waals surface area (Å²) >= 11 is 0. The molecule has 68 valence electrons. The first-order chi connectivity index (χ1) is 6.83. The average Bonchev–Trinajstić information content (AvgIpc) is 2.58. The Morgan fingerprint density at radius 2 is 2.36 bits per heavy atom. The van der Waals surface area contributed by atoms with E-state index in [0.717, 1.165) is 11.1 Å². The minimum atomic E-state index is -0.0350. The van der Waals surface area contributed by atoms with E-state index >= 15 is 0 Å². The van der Waals surface area contributed by atoms with Gasteiger partial charge in [0.15, 0.2) is 0 Å². The molecule has 1 aliphatic heterocycles. The van der Waals surface area contributed by atoms with E-state index in [1.807, 2.05) is 18.2 Å². The highest BCUT2D eigenvalue weighted by Gasteiger charge is 2.19. The Bertz CT molecular complexity index is 455. The summed E-state index contributed by atoms with van der Waals surface area (Å²) in [6.07, 6.45) is 3.14. The fraction of sp³-hybridized carbons (Fsp3) is 0.0909. The second-order valence-corrected chi connectivity index (χ2v) is 3.02. The quantitative estimate of drug-likeness (QED) is 0.672. The molecule has 1 heterocycles. The molecule has 0 unspecified atom stereocenters. The largest absolute Gasteiger partial charge is 0.348 e. The molecule has 0 saturated carbocycles. The highest BCUT2D eigenvalue weighted by atomic mass is 16.1. The fourth-order valence-corrected chi connectivity index (χ4v) is 1.56. The molecule has 0 bridgehead atoms. The van der Waals surface area contributed by atoms with Crippen LogP contribution in [0.25, 0.3) is 6.08 Å². The first-order valence-electron chi connectivity index (χ1n) is 4.29. The number of rotatable bonds is 1. The Morgan fingerprint density at radius 3 is 3.14 bits per heavy atom. The summed E-state index contributed by atoms with van der Waals surface area (Å²) in [6.45, 7) is 0.556. The molecule has 0 atom stereocenters. The Labute approximate surface area is 81.7 Å². The lowest BCUT2D eigenvalue weighted by molar-refractivity contribution is 0.0966. The summed E-state index contributed by atoms with van der Waals surface area (Å²) in [5, 5.41) is 11.2. The Morgan fingerprint density at radius 1 is 1.50 bits per heavy atom. The maximum absolute atomic E-state index is 11.3. The van der Waals surface area contributed by atoms with Crippen molar-refractivity contribution in [3.63, 3.8) is 0 Å². The molecule has 0 radical (unpaired) electrons. The first-order valence-corrected chi connectivity index (χ1v) is 4.29. The number of carbonyl (C=O) groups excluding carboxylic acids is 1. The van der Waals surface area contributed by atoms with Crippen LogP contribution in [-0.2, 0) is 6.54 Å². The third-order valence-corrected chi connectivity index (χ3v) is 2.22. The second-order valence-electron chi connectivity index (χ2n) is 3.02. The van der Waals surface area contributed by atoms with Gasteiger partial charge >= 0.3 is 0 Å². The molecular weight excluding hydrogens is 176 g/mol. The zero-order valence-corrected chi connectivity index (χ0v) is 7.45. The number of hydrogen-bond acceptors (Lipinski definition) is 2. The van der Waals surface area contributed by atoms with Crippen molar-refractivity contribution < 1.29 is 4.79 Å². The molecule has 3 heteroatoms. The van der Waals surface area contributed by atoms with Crippen molar-refractivity contribution >= 4 is 12.0 Å². The summed E-state index contributed by atoms with van der Waals surface area (Å²) in [5.41, 5.74) is 2.62. The molecule has 14 heavy (non-hydrogen) atoms. The van der Waals surface area contributed by atoms with E-state index in [4.69, 9.17) is 5.26 Å². The van der Waals surface area contributed by atoms with Gasteiger partial charge in [0.2, 0.25) is 0 Å². The van der Waals surface area contributed by atoms with E-state index in [2.05, 4.69) is 5.32 Å². The van der Waals surface area contributed by atoms with Crippen molar-refractivity contribution in [1.82, 2.24) is 5.32 Å². The number of hydrogen-bond donors (Lipinski definition) is 1. The molecule has 1 aromatic carbocycles. The lowest BCUT2D eigenvalue weighted by Gasteiger charge is -1.99. The number of amides is 1. The van der Waals surface area contributed by atoms with Crippen molar-refractivity contribution in [2.45, 2.75) is 6.54 Å². The van der Waals surface area contributed by atoms with E-state index in [0.29, 0.717) is 12.1 Å². The van der Waals surface area contributed by atoms with Crippen LogP contribution >= 0.6 is 0 Å². The van der Waals surface area contributed by atoms with E-state index < -0.39 is 0 Å². The summed E-state index contributed by atoms with van der Waals surface area (Å²) < 4.78 is 0. The smallest absolute Gasteiger partial charge is 0.251 e. The summed E-state index contributed by atoms with van der Waals surface area (Å²) in [5.74, 6) is -0.0350. The SMILES string of the molecule is N#CC=Cc1cccc2c1CNC2=O. The van der Waals surface area contributed by atoms with Gasteiger partial charge < -0.3 is 5.32 Å². The molecule has 2 rings (SSSR count). The standard InChI is InChI=1S/C11H8N2O/c12-6-2-4-8-3-1-5-9-10(8)7-13-11(9)14/h1-5H,7H2,(H,13,14). The van der Waals surface area contributed by atoms with Crippen LogP contribution in [0.5, 0.6) is 0 Å². The van der Waals surface area contributed by atoms with Crippen LogP contribution in [0.2, 0.25) is 0 Å². The van der Waals surface area contributed by atoms with Crippen molar-refractivity contribution in [3.8, 4) is 6.07 Å². The summed E-state index contributed by atoms with van der Waals surface area (Å²) in [4.78, 5) is 11.3. The molecule has 0 saturated heterocycles. The van der Waals surface area contributed by atoms with E-state index in [-0.39, 0.29) is 5.91 Å². The average molecular weight is 184 g/mol. The van der Waals surface area contributed by atoms with Crippen LogP contribution in [0.1, 0.15) is 21.5 Å². The van der Waals surface area contributed by atoms with Crippen molar-refractivity contribution in [2.24, 2.45) is 0 Å². The maximum Gasteiger partial charge on any atom is 0.251 e. The molecule has 3 nitrogen and oxygen atoms in total. The highest BCUT2D eigenvalue weighted by molar-refractivity contribution is 5.99. The molecule has 1 N–H and O–H groups in total. The minimum Gasteiger partial charge on any atom is -0.348 e. The number of allylic oxidation sites excluding steroid dienone is 1. The highest BCUT2D eigenvalue weighted by Crippen LogP contribution is 2.20. The van der Waals surface area contributed by atoms with E-state index in [1.54, 1.807) is 12.1 Å². The van der Waals surface area contributed by atoms with Crippen LogP contribution in [0.4, 0.5) is 0 Å². The van der Waals surface area contributed by atoms with Gasteiger partial charge in [0.1, 0.15) is 0 Å². The lowest BCUT2D eigenvalue weighted by atomic mass is 10.0. The van der Waals surface area contributed by atoms with Gasteiger partial charge in [-0.2, -0.15) is 5.26 Å². The third kappa shape index (κ3) is 1.27. The van der Waals surface area contributed by atoms with Crippen molar-refractivity contribution in [3.05, 3.63) is 41.0 Å². The summed E-state index contributed by atoms with van der Waals surface area (Å²) in [6, 6.07) is 7.44. The monoisotopic (exact) mass is 184 g/mol. The zero-order chi connectivity index (χ0) is 9.97. The zero-order valence-electron chi connectivity index (χ0n) is 7.45. The van der Waals surface area contributed by atoms with Crippen LogP contribution in [0.3, 0.4) is 0 Å². The molecule has 0 fully saturated rings. The Balaban J connectivity index is 2.50. The molecule has 0 aromatic heterocycles. The molecular formula is C11H8N2O. The van der Waals surface area contributed by atoms with Crippen LogP contribution in [-0.4, -0.2) is 5.91 Å². The van der Waals surface area contributed by atoms with Gasteiger partial charge in [0.05, 0.1) is 6.07 Å². The van der Waals surface area contributed by atoms with E-state index in [9.17, 15) is 4.79 Å². The summed E-state index contributed by atoms with van der Waals surface area (Å²) in [7, 11) is 0. The normalized spacial score (nSPS) is 13.8. The number of nitriles is 1. The topological polar surface area (TPSA) is 52.9 Å². The Hall–Kier alpha value is -2.08. The van der Waals surface area contributed by atoms with Gasteiger partial charge in [-0.3, -0.25) is 4.79 Å². The van der Waals surface area contributed by atoms with Gasteiger partial charge in [-0.05, 0) is 23.3 Å². The van der Waals surface area contributed by atoms with Crippen molar-refractivity contribution in [2.75, 3.05) is 0 Å². The number of carbonyl (C=O) groups is 1. The molecule has 1 aromatic rings.